The average molecular weight is 598 g/mol. The molecule has 0 spiro atoms. The Morgan fingerprint density at radius 2 is 1.51 bits per heavy atom. The van der Waals surface area contributed by atoms with Crippen molar-refractivity contribution in [3.8, 4) is 0 Å². The molecule has 0 saturated carbocycles. The zero-order chi connectivity index (χ0) is 29.8. The highest BCUT2D eigenvalue weighted by Gasteiger charge is 2.39. The Bertz CT molecular complexity index is 1510. The number of hydrogen-bond donors (Lipinski definition) is 1. The third-order valence-electron chi connectivity index (χ3n) is 8.83. The van der Waals surface area contributed by atoms with Crippen molar-refractivity contribution >= 4 is 23.6 Å². The van der Waals surface area contributed by atoms with E-state index >= 15 is 0 Å². The highest BCUT2D eigenvalue weighted by molar-refractivity contribution is 6.30. The molecule has 6 rings (SSSR count). The molecule has 2 saturated heterocycles. The van der Waals surface area contributed by atoms with Crippen LogP contribution >= 0.6 is 11.6 Å². The van der Waals surface area contributed by atoms with Gasteiger partial charge in [0.05, 0.1) is 12.0 Å². The maximum Gasteiger partial charge on any atom is 0.406 e. The number of halogens is 1. The second-order valence-electron chi connectivity index (χ2n) is 11.4. The standard InChI is InChI=1S/C34H36ClN5O3/c35-28-15-13-25(14-16-28)22-39-24-37-29(31(39)32(41)40-19-7-12-30(40)43-33(36)42)23-38-20-17-34(18-21-38,26-8-3-1-4-9-26)27-10-5-2-6-11-27/h1-6,8-11,13-16,24,30H,7,12,17-23H2,(H2,36,42). The number of imidazole rings is 1. The number of hydrogen-bond acceptors (Lipinski definition) is 5. The first-order chi connectivity index (χ1) is 20.9. The fraction of sp³-hybridized carbons (Fsp3) is 0.324. The van der Waals surface area contributed by atoms with Crippen molar-refractivity contribution in [3.63, 3.8) is 0 Å². The SMILES string of the molecule is NC(=O)OC1CCCN1C(=O)c1c(CN2CCC(c3ccccc3)(c3ccccc3)CC2)ncn1Cc1ccc(Cl)cc1. The Kier molecular flexibility index (Phi) is 8.49. The first kappa shape index (κ1) is 29.0. The Hall–Kier alpha value is -4.14. The number of likely N-dealkylation sites (tertiary alicyclic amines) is 2. The van der Waals surface area contributed by atoms with Crippen LogP contribution in [0.5, 0.6) is 0 Å². The maximum atomic E-state index is 14.1. The number of carbonyl (C=O) groups is 2. The van der Waals surface area contributed by atoms with Gasteiger partial charge in [-0.1, -0.05) is 84.4 Å². The van der Waals surface area contributed by atoms with Gasteiger partial charge in [0.25, 0.3) is 5.91 Å². The first-order valence-corrected chi connectivity index (χ1v) is 15.2. The number of nitrogens with zero attached hydrogens (tertiary/aromatic N) is 4. The third-order valence-corrected chi connectivity index (χ3v) is 9.08. The molecule has 4 aromatic rings. The van der Waals surface area contributed by atoms with Gasteiger partial charge in [-0.3, -0.25) is 9.69 Å². The van der Waals surface area contributed by atoms with Gasteiger partial charge in [-0.05, 0) is 61.2 Å². The number of nitrogens with two attached hydrogens (primary N) is 1. The van der Waals surface area contributed by atoms with Crippen LogP contribution < -0.4 is 5.73 Å². The monoisotopic (exact) mass is 597 g/mol. The van der Waals surface area contributed by atoms with Crippen molar-refractivity contribution in [2.75, 3.05) is 19.6 Å². The number of carbonyl (C=O) groups excluding carboxylic acids is 2. The molecule has 0 radical (unpaired) electrons. The quantitative estimate of drug-likeness (QED) is 0.276. The van der Waals surface area contributed by atoms with Crippen molar-refractivity contribution in [1.82, 2.24) is 19.4 Å². The lowest BCUT2D eigenvalue weighted by molar-refractivity contribution is 0.0169. The van der Waals surface area contributed by atoms with Crippen LogP contribution in [0.2, 0.25) is 5.02 Å². The van der Waals surface area contributed by atoms with Gasteiger partial charge >= 0.3 is 6.09 Å². The summed E-state index contributed by atoms with van der Waals surface area (Å²) in [5, 5.41) is 0.655. The van der Waals surface area contributed by atoms with Gasteiger partial charge in [0.2, 0.25) is 0 Å². The topological polar surface area (TPSA) is 93.7 Å². The number of benzene rings is 3. The van der Waals surface area contributed by atoms with Gasteiger partial charge in [0.15, 0.2) is 6.23 Å². The summed E-state index contributed by atoms with van der Waals surface area (Å²) in [6.07, 6.45) is 3.38. The van der Waals surface area contributed by atoms with Gasteiger partial charge < -0.3 is 19.9 Å². The average Bonchev–Trinajstić information content (AvgIpc) is 3.65. The fourth-order valence-electron chi connectivity index (χ4n) is 6.62. The summed E-state index contributed by atoms with van der Waals surface area (Å²) in [5.41, 5.74) is 10.2. The zero-order valence-corrected chi connectivity index (χ0v) is 24.8. The van der Waals surface area contributed by atoms with Crippen molar-refractivity contribution in [3.05, 3.63) is 124 Å². The summed E-state index contributed by atoms with van der Waals surface area (Å²) >= 11 is 6.11. The summed E-state index contributed by atoms with van der Waals surface area (Å²) in [6, 6.07) is 29.1. The smallest absolute Gasteiger partial charge is 0.406 e. The van der Waals surface area contributed by atoms with Gasteiger partial charge in [-0.2, -0.15) is 0 Å². The molecule has 43 heavy (non-hydrogen) atoms. The van der Waals surface area contributed by atoms with Crippen LogP contribution in [0.1, 0.15) is 58.6 Å². The molecule has 1 aromatic heterocycles. The second-order valence-corrected chi connectivity index (χ2v) is 11.9. The van der Waals surface area contributed by atoms with Crippen LogP contribution in [0.25, 0.3) is 0 Å². The maximum absolute atomic E-state index is 14.1. The van der Waals surface area contributed by atoms with Crippen molar-refractivity contribution in [2.24, 2.45) is 5.73 Å². The minimum atomic E-state index is -0.881. The number of rotatable bonds is 8. The molecule has 222 valence electrons. The normalized spacial score (nSPS) is 18.4. The number of primary amides is 1. The molecule has 2 amide bonds. The molecule has 9 heteroatoms. The Balaban J connectivity index is 1.27. The van der Waals surface area contributed by atoms with Crippen molar-refractivity contribution < 1.29 is 14.3 Å². The predicted molar refractivity (Wildman–Crippen MR) is 166 cm³/mol. The molecule has 1 unspecified atom stereocenters. The van der Waals surface area contributed by atoms with Crippen molar-refractivity contribution in [1.29, 1.82) is 0 Å². The summed E-state index contributed by atoms with van der Waals surface area (Å²) in [5.74, 6) is -0.204. The summed E-state index contributed by atoms with van der Waals surface area (Å²) < 4.78 is 7.19. The molecule has 3 heterocycles. The third kappa shape index (κ3) is 6.17. The molecular weight excluding hydrogens is 562 g/mol. The largest absolute Gasteiger partial charge is 0.425 e. The predicted octanol–water partition coefficient (Wildman–Crippen LogP) is 5.82. The van der Waals surface area contributed by atoms with E-state index in [0.29, 0.717) is 36.8 Å². The van der Waals surface area contributed by atoms with E-state index in [4.69, 9.17) is 27.1 Å². The minimum Gasteiger partial charge on any atom is -0.425 e. The molecule has 8 nitrogen and oxygen atoms in total. The highest BCUT2D eigenvalue weighted by atomic mass is 35.5. The van der Waals surface area contributed by atoms with Crippen LogP contribution in [0.15, 0.2) is 91.3 Å². The number of piperidine rings is 1. The van der Waals surface area contributed by atoms with Crippen LogP contribution in [-0.2, 0) is 23.2 Å². The van der Waals surface area contributed by atoms with Gasteiger partial charge in [-0.15, -0.1) is 0 Å². The van der Waals surface area contributed by atoms with E-state index in [1.807, 2.05) is 28.8 Å². The molecule has 1 atom stereocenters. The van der Waals surface area contributed by atoms with Crippen LogP contribution in [0.4, 0.5) is 4.79 Å². The van der Waals surface area contributed by atoms with E-state index in [-0.39, 0.29) is 11.3 Å². The molecular formula is C34H36ClN5O3. The summed E-state index contributed by atoms with van der Waals surface area (Å²) in [7, 11) is 0. The lowest BCUT2D eigenvalue weighted by Gasteiger charge is -2.43. The van der Waals surface area contributed by atoms with E-state index < -0.39 is 12.3 Å². The highest BCUT2D eigenvalue weighted by Crippen LogP contribution is 2.42. The van der Waals surface area contributed by atoms with E-state index in [9.17, 15) is 9.59 Å². The lowest BCUT2D eigenvalue weighted by Crippen LogP contribution is -2.44. The van der Waals surface area contributed by atoms with Gasteiger partial charge in [-0.25, -0.2) is 9.78 Å². The van der Waals surface area contributed by atoms with E-state index in [1.54, 1.807) is 11.2 Å². The van der Waals surface area contributed by atoms with Crippen LogP contribution in [-0.4, -0.2) is 57.2 Å². The summed E-state index contributed by atoms with van der Waals surface area (Å²) in [6.45, 7) is 3.22. The molecule has 2 aliphatic heterocycles. The van der Waals surface area contributed by atoms with Crippen LogP contribution in [0.3, 0.4) is 0 Å². The number of ether oxygens (including phenoxy) is 1. The Morgan fingerprint density at radius 3 is 2.12 bits per heavy atom. The fourth-order valence-corrected chi connectivity index (χ4v) is 6.74. The Labute approximate surface area is 257 Å². The molecule has 2 N–H and O–H groups in total. The molecule has 0 aliphatic carbocycles. The molecule has 2 fully saturated rings. The van der Waals surface area contributed by atoms with Crippen molar-refractivity contribution in [2.45, 2.75) is 50.4 Å². The second kappa shape index (κ2) is 12.6. The lowest BCUT2D eigenvalue weighted by atomic mass is 9.68. The van der Waals surface area contributed by atoms with Gasteiger partial charge in [0, 0.05) is 36.5 Å². The summed E-state index contributed by atoms with van der Waals surface area (Å²) in [4.78, 5) is 34.4. The minimum absolute atomic E-state index is 0.0690. The van der Waals surface area contributed by atoms with Gasteiger partial charge in [0.1, 0.15) is 5.69 Å². The molecule has 2 aliphatic rings. The van der Waals surface area contributed by atoms with Crippen LogP contribution in [0, 0.1) is 0 Å². The van der Waals surface area contributed by atoms with E-state index in [0.717, 1.165) is 43.6 Å². The zero-order valence-electron chi connectivity index (χ0n) is 24.1. The Morgan fingerprint density at radius 1 is 0.884 bits per heavy atom. The van der Waals surface area contributed by atoms with E-state index in [2.05, 4.69) is 65.6 Å². The number of aromatic nitrogens is 2. The molecule has 0 bridgehead atoms. The molecule has 3 aromatic carbocycles. The number of amides is 2. The first-order valence-electron chi connectivity index (χ1n) is 14.8. The van der Waals surface area contributed by atoms with E-state index in [1.165, 1.54) is 11.1 Å².